The van der Waals surface area contributed by atoms with E-state index < -0.39 is 0 Å². The molecular formula is C11H10N6O2. The molecule has 0 saturated carbocycles. The highest BCUT2D eigenvalue weighted by atomic mass is 16.6. The van der Waals surface area contributed by atoms with Crippen molar-refractivity contribution in [2.24, 2.45) is 10.9 Å². The summed E-state index contributed by atoms with van der Waals surface area (Å²) >= 11 is 0. The Hall–Kier alpha value is -3.08. The van der Waals surface area contributed by atoms with Crippen LogP contribution in [-0.2, 0) is 11.4 Å². The Balaban J connectivity index is 2.04. The average molecular weight is 258 g/mol. The number of hydrogen-bond acceptors (Lipinski definition) is 7. The molecule has 0 unspecified atom stereocenters. The lowest BCUT2D eigenvalue weighted by atomic mass is 10.1. The van der Waals surface area contributed by atoms with Gasteiger partial charge in [-0.25, -0.2) is 4.63 Å². The Labute approximate surface area is 108 Å². The third-order valence-corrected chi connectivity index (χ3v) is 2.28. The van der Waals surface area contributed by atoms with Crippen molar-refractivity contribution in [2.75, 3.05) is 5.73 Å². The molecule has 8 heteroatoms. The van der Waals surface area contributed by atoms with Crippen LogP contribution >= 0.6 is 0 Å². The quantitative estimate of drug-likeness (QED) is 0.459. The van der Waals surface area contributed by atoms with E-state index in [4.69, 9.17) is 21.6 Å². The molecule has 0 aliphatic heterocycles. The first kappa shape index (κ1) is 12.4. The largest absolute Gasteiger partial charge is 0.389 e. The first-order chi connectivity index (χ1) is 9.22. The molecule has 0 bridgehead atoms. The van der Waals surface area contributed by atoms with E-state index >= 15 is 0 Å². The first-order valence-electron chi connectivity index (χ1n) is 5.24. The van der Waals surface area contributed by atoms with Gasteiger partial charge in [-0.15, -0.1) is 0 Å². The predicted octanol–water partition coefficient (Wildman–Crippen LogP) is 0.361. The first-order valence-corrected chi connectivity index (χ1v) is 5.24. The van der Waals surface area contributed by atoms with Crippen molar-refractivity contribution in [1.29, 1.82) is 5.26 Å². The fraction of sp³-hybridized carbons (Fsp3) is 0.0909. The van der Waals surface area contributed by atoms with Gasteiger partial charge in [-0.05, 0) is 16.4 Å². The van der Waals surface area contributed by atoms with Crippen molar-refractivity contribution in [3.05, 3.63) is 41.1 Å². The van der Waals surface area contributed by atoms with E-state index in [1.165, 1.54) is 0 Å². The maximum absolute atomic E-state index is 8.90. The van der Waals surface area contributed by atoms with Crippen molar-refractivity contribution >= 4 is 11.7 Å². The summed E-state index contributed by atoms with van der Waals surface area (Å²) in [7, 11) is 0. The maximum Gasteiger partial charge on any atom is 0.199 e. The number of amidine groups is 1. The van der Waals surface area contributed by atoms with Gasteiger partial charge in [0.05, 0.1) is 11.6 Å². The maximum atomic E-state index is 8.90. The number of anilines is 1. The molecular weight excluding hydrogens is 248 g/mol. The molecule has 0 fully saturated rings. The van der Waals surface area contributed by atoms with Crippen LogP contribution in [0.3, 0.4) is 0 Å². The molecule has 0 amide bonds. The van der Waals surface area contributed by atoms with Crippen LogP contribution in [0.25, 0.3) is 0 Å². The zero-order valence-corrected chi connectivity index (χ0v) is 9.78. The van der Waals surface area contributed by atoms with Gasteiger partial charge in [0.15, 0.2) is 17.3 Å². The number of benzene rings is 1. The van der Waals surface area contributed by atoms with Gasteiger partial charge in [0, 0.05) is 5.56 Å². The lowest BCUT2D eigenvalue weighted by Gasteiger charge is -2.02. The van der Waals surface area contributed by atoms with Crippen molar-refractivity contribution in [1.82, 2.24) is 10.3 Å². The number of nitrogens with zero attached hydrogens (tertiary/aromatic N) is 4. The fourth-order valence-corrected chi connectivity index (χ4v) is 1.34. The van der Waals surface area contributed by atoms with Crippen LogP contribution in [0.2, 0.25) is 0 Å². The van der Waals surface area contributed by atoms with E-state index in [9.17, 15) is 0 Å². The summed E-state index contributed by atoms with van der Waals surface area (Å²) in [6, 6.07) is 9.06. The lowest BCUT2D eigenvalue weighted by Crippen LogP contribution is -2.16. The topological polar surface area (TPSA) is 136 Å². The zero-order chi connectivity index (χ0) is 13.7. The Kier molecular flexibility index (Phi) is 3.59. The summed E-state index contributed by atoms with van der Waals surface area (Å²) in [5.74, 6) is -0.0181. The number of nitriles is 1. The molecule has 2 aromatic rings. The van der Waals surface area contributed by atoms with E-state index in [1.54, 1.807) is 24.3 Å². The van der Waals surface area contributed by atoms with E-state index in [0.29, 0.717) is 11.1 Å². The molecule has 19 heavy (non-hydrogen) atoms. The van der Waals surface area contributed by atoms with E-state index in [2.05, 4.69) is 26.2 Å². The Morgan fingerprint density at radius 3 is 2.89 bits per heavy atom. The van der Waals surface area contributed by atoms with Crippen molar-refractivity contribution in [3.63, 3.8) is 0 Å². The highest BCUT2D eigenvalue weighted by Crippen LogP contribution is 2.09. The average Bonchev–Trinajstić information content (AvgIpc) is 2.85. The van der Waals surface area contributed by atoms with Gasteiger partial charge in [-0.1, -0.05) is 23.4 Å². The normalized spacial score (nSPS) is 11.0. The number of hydrogen-bond donors (Lipinski definition) is 2. The van der Waals surface area contributed by atoms with Gasteiger partial charge in [-0.3, -0.25) is 0 Å². The second-order valence-electron chi connectivity index (χ2n) is 3.52. The van der Waals surface area contributed by atoms with E-state index in [1.807, 2.05) is 0 Å². The minimum absolute atomic E-state index is 0.0299. The lowest BCUT2D eigenvalue weighted by molar-refractivity contribution is 0.130. The monoisotopic (exact) mass is 258 g/mol. The van der Waals surface area contributed by atoms with Crippen molar-refractivity contribution in [2.45, 2.75) is 6.61 Å². The highest BCUT2D eigenvalue weighted by Gasteiger charge is 2.11. The molecule has 0 aliphatic carbocycles. The second kappa shape index (κ2) is 5.50. The molecule has 1 aromatic carbocycles. The van der Waals surface area contributed by atoms with Gasteiger partial charge in [0.1, 0.15) is 6.61 Å². The van der Waals surface area contributed by atoms with Gasteiger partial charge < -0.3 is 16.3 Å². The van der Waals surface area contributed by atoms with E-state index in [0.717, 1.165) is 0 Å². The summed E-state index contributed by atoms with van der Waals surface area (Å²) in [4.78, 5) is 5.05. The molecule has 8 nitrogen and oxygen atoms in total. The number of nitrogens with two attached hydrogens (primary N) is 2. The predicted molar refractivity (Wildman–Crippen MR) is 65.4 cm³/mol. The van der Waals surface area contributed by atoms with E-state index in [-0.39, 0.29) is 24.0 Å². The van der Waals surface area contributed by atoms with Gasteiger partial charge >= 0.3 is 0 Å². The molecule has 0 spiro atoms. The number of aromatic nitrogens is 2. The van der Waals surface area contributed by atoms with Crippen LogP contribution in [0.15, 0.2) is 34.1 Å². The van der Waals surface area contributed by atoms with Crippen LogP contribution in [0, 0.1) is 11.3 Å². The molecule has 4 N–H and O–H groups in total. The Bertz CT molecular complexity index is 643. The van der Waals surface area contributed by atoms with Gasteiger partial charge in [0.2, 0.25) is 0 Å². The van der Waals surface area contributed by atoms with Crippen molar-refractivity contribution in [3.8, 4) is 6.07 Å². The van der Waals surface area contributed by atoms with Crippen LogP contribution in [-0.4, -0.2) is 16.1 Å². The fourth-order valence-electron chi connectivity index (χ4n) is 1.34. The summed E-state index contributed by atoms with van der Waals surface area (Å²) < 4.78 is 4.38. The Morgan fingerprint density at radius 1 is 1.42 bits per heavy atom. The minimum Gasteiger partial charge on any atom is -0.389 e. The van der Waals surface area contributed by atoms with Gasteiger partial charge in [-0.2, -0.15) is 5.26 Å². The Morgan fingerprint density at radius 2 is 2.21 bits per heavy atom. The highest BCUT2D eigenvalue weighted by molar-refractivity contribution is 5.98. The standard InChI is InChI=1S/C11H10N6O2/c12-5-7-3-1-2-4-8(7)6-18-16-10(13)9-11(14)17-19-15-9/h1-4H,6H2,(H2,13,16)(H2,14,17). The summed E-state index contributed by atoms with van der Waals surface area (Å²) in [6.45, 7) is 0.107. The molecule has 1 heterocycles. The van der Waals surface area contributed by atoms with Crippen LogP contribution in [0.5, 0.6) is 0 Å². The second-order valence-corrected chi connectivity index (χ2v) is 3.52. The number of oxime groups is 1. The van der Waals surface area contributed by atoms with Gasteiger partial charge in [0.25, 0.3) is 0 Å². The number of nitrogen functional groups attached to an aromatic ring is 1. The number of rotatable bonds is 4. The smallest absolute Gasteiger partial charge is 0.199 e. The molecule has 0 atom stereocenters. The molecule has 0 aliphatic rings. The summed E-state index contributed by atoms with van der Waals surface area (Å²) in [5, 5.41) is 19.4. The third-order valence-electron chi connectivity index (χ3n) is 2.28. The van der Waals surface area contributed by atoms with Crippen LogP contribution in [0.4, 0.5) is 5.82 Å². The van der Waals surface area contributed by atoms with Crippen molar-refractivity contribution < 1.29 is 9.47 Å². The van der Waals surface area contributed by atoms with Crippen LogP contribution in [0.1, 0.15) is 16.8 Å². The molecule has 1 aromatic heterocycles. The third kappa shape index (κ3) is 2.78. The zero-order valence-electron chi connectivity index (χ0n) is 9.78. The minimum atomic E-state index is -0.0480. The molecule has 0 saturated heterocycles. The molecule has 2 rings (SSSR count). The summed E-state index contributed by atoms with van der Waals surface area (Å²) in [5.41, 5.74) is 12.4. The van der Waals surface area contributed by atoms with Crippen LogP contribution < -0.4 is 11.5 Å². The SMILES string of the molecule is N#Cc1ccccc1CO/N=C(\N)c1nonc1N. The molecule has 0 radical (unpaired) electrons. The summed E-state index contributed by atoms with van der Waals surface area (Å²) in [6.07, 6.45) is 0. The molecule has 96 valence electrons.